The van der Waals surface area contributed by atoms with Gasteiger partial charge < -0.3 is 15.0 Å². The van der Waals surface area contributed by atoms with Crippen LogP contribution in [0.4, 0.5) is 0 Å². The van der Waals surface area contributed by atoms with Crippen LogP contribution in [0.5, 0.6) is 5.75 Å². The van der Waals surface area contributed by atoms with Crippen LogP contribution >= 0.6 is 0 Å². The van der Waals surface area contributed by atoms with Gasteiger partial charge in [-0.2, -0.15) is 0 Å². The molecular weight excluding hydrogens is 294 g/mol. The molecule has 1 aromatic rings. The van der Waals surface area contributed by atoms with Gasteiger partial charge in [0.25, 0.3) is 0 Å². The summed E-state index contributed by atoms with van der Waals surface area (Å²) in [6.07, 6.45) is 1.76. The zero-order chi connectivity index (χ0) is 16.8. The molecule has 1 aromatic carbocycles. The van der Waals surface area contributed by atoms with Gasteiger partial charge in [-0.05, 0) is 37.1 Å². The number of nitrogens with one attached hydrogen (secondary N) is 1. The molecule has 1 aliphatic rings. The van der Waals surface area contributed by atoms with Crippen molar-refractivity contribution in [3.63, 3.8) is 0 Å². The van der Waals surface area contributed by atoms with Crippen molar-refractivity contribution in [2.75, 3.05) is 34.3 Å². The molecule has 1 aliphatic heterocycles. The minimum Gasteiger partial charge on any atom is -0.497 e. The Labute approximate surface area is 137 Å². The molecule has 1 fully saturated rings. The number of methoxy groups -OCH3 is 1. The predicted octanol–water partition coefficient (Wildman–Crippen LogP) is 0.864. The van der Waals surface area contributed by atoms with E-state index >= 15 is 0 Å². The maximum atomic E-state index is 12.4. The van der Waals surface area contributed by atoms with Crippen LogP contribution in [0.15, 0.2) is 24.3 Å². The van der Waals surface area contributed by atoms with Gasteiger partial charge in [-0.15, -0.1) is 0 Å². The zero-order valence-corrected chi connectivity index (χ0v) is 14.0. The third-order valence-electron chi connectivity index (χ3n) is 4.23. The summed E-state index contributed by atoms with van der Waals surface area (Å²) < 4.78 is 5.20. The molecule has 1 saturated heterocycles. The van der Waals surface area contributed by atoms with Crippen LogP contribution in [0.1, 0.15) is 18.4 Å². The molecule has 0 bridgehead atoms. The van der Waals surface area contributed by atoms with Crippen LogP contribution in [-0.4, -0.2) is 62.0 Å². The summed E-state index contributed by atoms with van der Waals surface area (Å²) in [4.78, 5) is 27.9. The second kappa shape index (κ2) is 7.97. The third kappa shape index (κ3) is 4.45. The maximum absolute atomic E-state index is 12.4. The van der Waals surface area contributed by atoms with Gasteiger partial charge in [-0.3, -0.25) is 14.5 Å². The van der Waals surface area contributed by atoms with Gasteiger partial charge in [0.05, 0.1) is 19.7 Å². The van der Waals surface area contributed by atoms with Crippen molar-refractivity contribution in [3.05, 3.63) is 29.8 Å². The standard InChI is InChI=1S/C17H25N3O3/c1-18-17(22)15-8-5-9-20(15)12-16(21)19(2)11-13-6-4-7-14(10-13)23-3/h4,6-7,10,15H,5,8-9,11-12H2,1-3H3,(H,18,22)/t15-/m1/s1. The molecule has 0 spiro atoms. The highest BCUT2D eigenvalue weighted by Gasteiger charge is 2.31. The number of likely N-dealkylation sites (tertiary alicyclic amines) is 1. The Hall–Kier alpha value is -2.08. The molecule has 1 atom stereocenters. The molecule has 6 nitrogen and oxygen atoms in total. The lowest BCUT2D eigenvalue weighted by Crippen LogP contribution is -2.46. The molecule has 2 rings (SSSR count). The minimum atomic E-state index is -0.186. The Morgan fingerprint density at radius 1 is 1.43 bits per heavy atom. The Balaban J connectivity index is 1.93. The van der Waals surface area contributed by atoms with Crippen LogP contribution in [0.2, 0.25) is 0 Å². The number of hydrogen-bond donors (Lipinski definition) is 1. The number of hydrogen-bond acceptors (Lipinski definition) is 4. The first-order valence-electron chi connectivity index (χ1n) is 7.87. The minimum absolute atomic E-state index is 0.00857. The van der Waals surface area contributed by atoms with E-state index in [4.69, 9.17) is 4.74 Å². The second-order valence-corrected chi connectivity index (χ2v) is 5.84. The van der Waals surface area contributed by atoms with E-state index in [1.165, 1.54) is 0 Å². The highest BCUT2D eigenvalue weighted by molar-refractivity contribution is 5.83. The molecule has 126 valence electrons. The highest BCUT2D eigenvalue weighted by Crippen LogP contribution is 2.18. The second-order valence-electron chi connectivity index (χ2n) is 5.84. The SMILES string of the molecule is CNC(=O)[C@H]1CCCN1CC(=O)N(C)Cc1cccc(OC)c1. The van der Waals surface area contributed by atoms with Crippen molar-refractivity contribution in [2.45, 2.75) is 25.4 Å². The molecule has 0 aliphatic carbocycles. The van der Waals surface area contributed by atoms with Gasteiger partial charge in [0.2, 0.25) is 11.8 Å². The smallest absolute Gasteiger partial charge is 0.237 e. The lowest BCUT2D eigenvalue weighted by Gasteiger charge is -2.25. The lowest BCUT2D eigenvalue weighted by atomic mass is 10.2. The van der Waals surface area contributed by atoms with Gasteiger partial charge in [-0.1, -0.05) is 12.1 Å². The average Bonchev–Trinajstić information content (AvgIpc) is 3.02. The fourth-order valence-corrected chi connectivity index (χ4v) is 2.91. The summed E-state index contributed by atoms with van der Waals surface area (Å²) in [5.74, 6) is 0.789. The number of ether oxygens (including phenoxy) is 1. The third-order valence-corrected chi connectivity index (χ3v) is 4.23. The van der Waals surface area contributed by atoms with E-state index in [0.717, 1.165) is 30.7 Å². The van der Waals surface area contributed by atoms with Gasteiger partial charge in [0.1, 0.15) is 5.75 Å². The first-order valence-corrected chi connectivity index (χ1v) is 7.87. The van der Waals surface area contributed by atoms with E-state index in [-0.39, 0.29) is 24.4 Å². The first-order chi connectivity index (χ1) is 11.0. The summed E-state index contributed by atoms with van der Waals surface area (Å²) in [6, 6.07) is 7.50. The van der Waals surface area contributed by atoms with E-state index < -0.39 is 0 Å². The van der Waals surface area contributed by atoms with Gasteiger partial charge in [0, 0.05) is 20.6 Å². The van der Waals surface area contributed by atoms with Crippen molar-refractivity contribution in [1.29, 1.82) is 0 Å². The predicted molar refractivity (Wildman–Crippen MR) is 88.1 cm³/mol. The molecule has 2 amide bonds. The highest BCUT2D eigenvalue weighted by atomic mass is 16.5. The van der Waals surface area contributed by atoms with Crippen molar-refractivity contribution in [3.8, 4) is 5.75 Å². The van der Waals surface area contributed by atoms with Crippen molar-refractivity contribution >= 4 is 11.8 Å². The molecule has 23 heavy (non-hydrogen) atoms. The Bertz CT molecular complexity index is 562. The number of carbonyl (C=O) groups is 2. The molecule has 1 N–H and O–H groups in total. The van der Waals surface area contributed by atoms with Crippen molar-refractivity contribution in [1.82, 2.24) is 15.1 Å². The van der Waals surface area contributed by atoms with E-state index in [0.29, 0.717) is 6.54 Å². The average molecular weight is 319 g/mol. The number of nitrogens with zero attached hydrogens (tertiary/aromatic N) is 2. The van der Waals surface area contributed by atoms with Crippen LogP contribution in [-0.2, 0) is 16.1 Å². The monoisotopic (exact) mass is 319 g/mol. The molecule has 6 heteroatoms. The first kappa shape index (κ1) is 17.3. The van der Waals surface area contributed by atoms with Gasteiger partial charge in [-0.25, -0.2) is 0 Å². The molecule has 0 unspecified atom stereocenters. The zero-order valence-electron chi connectivity index (χ0n) is 14.0. The Morgan fingerprint density at radius 2 is 2.22 bits per heavy atom. The Kier molecular flexibility index (Phi) is 5.98. The van der Waals surface area contributed by atoms with E-state index in [1.54, 1.807) is 26.1 Å². The number of likely N-dealkylation sites (N-methyl/N-ethyl adjacent to an activating group) is 2. The lowest BCUT2D eigenvalue weighted by molar-refractivity contribution is -0.133. The topological polar surface area (TPSA) is 61.9 Å². The summed E-state index contributed by atoms with van der Waals surface area (Å²) in [6.45, 7) is 1.59. The number of amides is 2. The van der Waals surface area contributed by atoms with Crippen LogP contribution in [0, 0.1) is 0 Å². The van der Waals surface area contributed by atoms with Crippen molar-refractivity contribution < 1.29 is 14.3 Å². The molecular formula is C17H25N3O3. The number of carbonyl (C=O) groups excluding carboxylic acids is 2. The molecule has 1 heterocycles. The fourth-order valence-electron chi connectivity index (χ4n) is 2.91. The largest absolute Gasteiger partial charge is 0.497 e. The van der Waals surface area contributed by atoms with Gasteiger partial charge in [0.15, 0.2) is 0 Å². The van der Waals surface area contributed by atoms with Crippen molar-refractivity contribution in [2.24, 2.45) is 0 Å². The van der Waals surface area contributed by atoms with E-state index in [2.05, 4.69) is 5.32 Å². The normalized spacial score (nSPS) is 17.8. The Morgan fingerprint density at radius 3 is 2.91 bits per heavy atom. The van der Waals surface area contributed by atoms with Crippen LogP contribution in [0.25, 0.3) is 0 Å². The van der Waals surface area contributed by atoms with E-state index in [1.807, 2.05) is 29.2 Å². The van der Waals surface area contributed by atoms with E-state index in [9.17, 15) is 9.59 Å². The van der Waals surface area contributed by atoms with Crippen LogP contribution in [0.3, 0.4) is 0 Å². The van der Waals surface area contributed by atoms with Crippen LogP contribution < -0.4 is 10.1 Å². The number of rotatable bonds is 6. The molecule has 0 saturated carbocycles. The quantitative estimate of drug-likeness (QED) is 0.845. The summed E-state index contributed by atoms with van der Waals surface area (Å²) in [5, 5.41) is 2.67. The molecule has 0 radical (unpaired) electrons. The van der Waals surface area contributed by atoms with Gasteiger partial charge >= 0.3 is 0 Å². The summed E-state index contributed by atoms with van der Waals surface area (Å²) in [5.41, 5.74) is 1.02. The molecule has 0 aromatic heterocycles. The summed E-state index contributed by atoms with van der Waals surface area (Å²) in [7, 11) is 5.04. The fraction of sp³-hybridized carbons (Fsp3) is 0.529. The summed E-state index contributed by atoms with van der Waals surface area (Å²) >= 11 is 0. The number of benzene rings is 1. The maximum Gasteiger partial charge on any atom is 0.237 e.